The third-order valence-corrected chi connectivity index (χ3v) is 21.0. The van der Waals surface area contributed by atoms with Crippen molar-refractivity contribution < 1.29 is 121 Å². The fraction of sp³-hybridized carbons (Fsp3) is 0.281. The average Bonchev–Trinajstić information content (AvgIpc) is 1.58. The zero-order valence-electron chi connectivity index (χ0n) is 51.1. The Bertz CT molecular complexity index is 3940. The summed E-state index contributed by atoms with van der Waals surface area (Å²) in [6, 6.07) is 17.2. The molecule has 8 aromatic rings. The molecule has 0 radical (unpaired) electrons. The average molecular weight is 1490 g/mol. The normalized spacial score (nSPS) is 12.6. The summed E-state index contributed by atoms with van der Waals surface area (Å²) in [4.78, 5) is 79.2. The molecule has 0 unspecified atom stereocenters. The second-order valence-electron chi connectivity index (χ2n) is 19.7. The molecule has 0 N–H and O–H groups in total. The van der Waals surface area contributed by atoms with Crippen LogP contribution in [0, 0.1) is 6.92 Å². The Kier molecular flexibility index (Phi) is 27.0. The number of carbonyl (C=O) groups excluding carboxylic acids is 6. The number of esters is 6. The Morgan fingerprint density at radius 3 is 1.08 bits per heavy atom. The van der Waals surface area contributed by atoms with E-state index in [0.717, 1.165) is 56.1 Å². The van der Waals surface area contributed by atoms with Gasteiger partial charge in [0.05, 0.1) is 29.3 Å². The summed E-state index contributed by atoms with van der Waals surface area (Å²) in [6.45, 7) is 20.2. The van der Waals surface area contributed by atoms with Crippen LogP contribution in [0.2, 0.25) is 0 Å². The SMILES string of the molecule is C=C(C)C(=O)OCCOC(=O)c1ccc(-c2sc(-c3sc(-c4sc(-c5ccc(C(=O)OCCOC(=O)C(=C)C)s5)c5c4OCCO5)c4c3OCCO4)c3c2OCCO3)s1.C=C(C)C(=O)OCCOC(=O)c1cccs1.Cc1ccc([S-](=O)=O)cc1.[Fe].c1scc2c1OCCO2. The summed E-state index contributed by atoms with van der Waals surface area (Å²) in [6.07, 6.45) is 0. The first kappa shape index (κ1) is 72.9. The van der Waals surface area contributed by atoms with E-state index in [9.17, 15) is 37.2 Å². The van der Waals surface area contributed by atoms with Gasteiger partial charge in [-0.05, 0) is 74.1 Å². The second-order valence-corrected chi connectivity index (χ2v) is 27.5. The number of hydrogen-bond acceptors (Lipinski definition) is 30. The van der Waals surface area contributed by atoms with Crippen LogP contribution in [0.5, 0.6) is 46.0 Å². The predicted molar refractivity (Wildman–Crippen MR) is 357 cm³/mol. The first-order valence-corrected chi connectivity index (χ1v) is 35.3. The van der Waals surface area contributed by atoms with Crippen LogP contribution >= 0.6 is 79.4 Å². The van der Waals surface area contributed by atoms with Crippen molar-refractivity contribution in [2.45, 2.75) is 32.6 Å². The van der Waals surface area contributed by atoms with Gasteiger partial charge < -0.3 is 74.7 Å². The van der Waals surface area contributed by atoms with Crippen molar-refractivity contribution in [3.63, 3.8) is 0 Å². The van der Waals surface area contributed by atoms with Gasteiger partial charge in [0.2, 0.25) is 0 Å². The summed E-state index contributed by atoms with van der Waals surface area (Å²) in [7, 11) is -2.09. The minimum absolute atomic E-state index is 0. The number of carbonyl (C=O) groups is 6. The number of hydrogen-bond donors (Lipinski definition) is 0. The Morgan fingerprint density at radius 2 is 0.747 bits per heavy atom. The van der Waals surface area contributed by atoms with Gasteiger partial charge >= 0.3 is 35.8 Å². The van der Waals surface area contributed by atoms with Crippen molar-refractivity contribution in [1.29, 1.82) is 0 Å². The molecule has 0 saturated carbocycles. The van der Waals surface area contributed by atoms with Crippen LogP contribution < -0.4 is 37.9 Å². The van der Waals surface area contributed by atoms with Gasteiger partial charge in [0, 0.05) is 54.3 Å². The van der Waals surface area contributed by atoms with Crippen molar-refractivity contribution in [3.05, 3.63) is 133 Å². The van der Waals surface area contributed by atoms with Crippen LogP contribution in [0.4, 0.5) is 0 Å². The zero-order chi connectivity index (χ0) is 66.8. The van der Waals surface area contributed by atoms with Gasteiger partial charge in [-0.1, -0.05) is 60.5 Å². The summed E-state index contributed by atoms with van der Waals surface area (Å²) >= 11 is 9.79. The summed E-state index contributed by atoms with van der Waals surface area (Å²) in [5.74, 6) is 2.13. The van der Waals surface area contributed by atoms with Crippen LogP contribution in [0.15, 0.2) is 118 Å². The molecule has 4 aliphatic rings. The molecule has 0 spiro atoms. The molecule has 0 atom stereocenters. The van der Waals surface area contributed by atoms with Gasteiger partial charge in [0.15, 0.2) is 46.0 Å². The largest absolute Gasteiger partial charge is 0.485 e. The van der Waals surface area contributed by atoms with Gasteiger partial charge in [-0.3, -0.25) is 0 Å². The number of thiophene rings is 7. The number of fused-ring (bicyclic) bond motifs is 4. The fourth-order valence-corrected chi connectivity index (χ4v) is 15.6. The summed E-state index contributed by atoms with van der Waals surface area (Å²) < 4.78 is 99.0. The van der Waals surface area contributed by atoms with Crippen LogP contribution in [0.3, 0.4) is 0 Å². The predicted octanol–water partition coefficient (Wildman–Crippen LogP) is 13.7. The third kappa shape index (κ3) is 19.2. The first-order chi connectivity index (χ1) is 45.4. The molecule has 0 fully saturated rings. The number of benzene rings is 1. The molecule has 12 rings (SSSR count). The van der Waals surface area contributed by atoms with E-state index in [1.54, 1.807) is 86.0 Å². The minimum Gasteiger partial charge on any atom is -0.485 e. The van der Waals surface area contributed by atoms with Crippen LogP contribution in [0.25, 0.3) is 39.0 Å². The minimum atomic E-state index is -2.09. The van der Waals surface area contributed by atoms with E-state index in [2.05, 4.69) is 19.7 Å². The second kappa shape index (κ2) is 35.1. The van der Waals surface area contributed by atoms with E-state index in [1.165, 1.54) is 68.0 Å². The molecule has 0 saturated heterocycles. The van der Waals surface area contributed by atoms with E-state index in [4.69, 9.17) is 66.3 Å². The third-order valence-electron chi connectivity index (χ3n) is 12.5. The van der Waals surface area contributed by atoms with E-state index < -0.39 is 46.5 Å². The molecule has 31 heteroatoms. The zero-order valence-corrected chi connectivity index (χ0v) is 58.8. The Morgan fingerprint density at radius 1 is 0.421 bits per heavy atom. The van der Waals surface area contributed by atoms with Crippen molar-refractivity contribution in [2.75, 3.05) is 92.5 Å². The Hall–Kier alpha value is -7.97. The van der Waals surface area contributed by atoms with Gasteiger partial charge in [0.1, 0.15) is 107 Å². The van der Waals surface area contributed by atoms with E-state index in [-0.39, 0.29) is 67.9 Å². The Balaban J connectivity index is 0.000000257. The molecule has 1 aromatic carbocycles. The first-order valence-electron chi connectivity index (χ1n) is 28.3. The monoisotopic (exact) mass is 1490 g/mol. The van der Waals surface area contributed by atoms with E-state index in [0.29, 0.717) is 112 Å². The van der Waals surface area contributed by atoms with E-state index >= 15 is 0 Å². The van der Waals surface area contributed by atoms with Crippen molar-refractivity contribution in [3.8, 4) is 85.0 Å². The van der Waals surface area contributed by atoms with E-state index in [1.807, 2.05) is 29.8 Å². The van der Waals surface area contributed by atoms with Gasteiger partial charge in [0.25, 0.3) is 0 Å². The molecule has 0 bridgehead atoms. The molecular weight excluding hydrogens is 1430 g/mol. The van der Waals surface area contributed by atoms with Gasteiger partial charge in [-0.15, -0.1) is 79.4 Å². The maximum atomic E-state index is 12.9. The molecule has 0 amide bonds. The fourth-order valence-electron chi connectivity index (χ4n) is 8.13. The maximum Gasteiger partial charge on any atom is 0.348 e. The molecule has 4 aliphatic heterocycles. The number of aryl methyl sites for hydroxylation is 1. The maximum absolute atomic E-state index is 12.9. The standard InChI is InChI=1S/C40H34O14S5.C11H12O4S.C7H7O2S.C6H6O2S.Fe/c1-19(2)37(41)51-15-17-53-39(43)23-7-5-21(55-23)31-25-27(47-11-9-45-25)33(57-31)35-29-30(50-14-13-49-29)36(59-35)34-28-26(46-10-12-48-28)32(58-34)22-6-8-24(56-22)40(44)54-18-16-52-38(42)20(3)4;1-8(2)10(12)14-5-6-15-11(13)9-4-3-7-16-9;1-6-2-4-7(5-3-6)10(8)9;1-2-8-6-4-9-3-5(6)7-1;/h5-8H,1,3,9-18H2,2,4H3;3-4,7H,1,5-6H2,2H3;2-5H,1H3;3-4H,1-2H2;/q;;-1;;. The Labute approximate surface area is 585 Å². The molecule has 504 valence electrons. The van der Waals surface area contributed by atoms with Crippen molar-refractivity contribution in [1.82, 2.24) is 0 Å². The molecular formula is C64H59FeO22S8-. The molecule has 22 nitrogen and oxygen atoms in total. The summed E-state index contributed by atoms with van der Waals surface area (Å²) in [5, 5.41) is 5.70. The number of ether oxygens (including phenoxy) is 14. The van der Waals surface area contributed by atoms with Crippen LogP contribution in [-0.2, 0) is 79.0 Å². The molecule has 11 heterocycles. The van der Waals surface area contributed by atoms with Crippen molar-refractivity contribution >= 4 is 126 Å². The smallest absolute Gasteiger partial charge is 0.348 e. The van der Waals surface area contributed by atoms with Crippen molar-refractivity contribution in [2.24, 2.45) is 0 Å². The van der Waals surface area contributed by atoms with Crippen LogP contribution in [-0.4, -0.2) is 128 Å². The molecule has 95 heavy (non-hydrogen) atoms. The van der Waals surface area contributed by atoms with Gasteiger partial charge in [-0.25, -0.2) is 28.8 Å². The quantitative estimate of drug-likeness (QED) is 0.0171. The van der Waals surface area contributed by atoms with Gasteiger partial charge in [-0.2, -0.15) is 0 Å². The molecule has 0 aliphatic carbocycles. The van der Waals surface area contributed by atoms with Crippen LogP contribution in [0.1, 0.15) is 55.3 Å². The number of rotatable bonds is 20. The summed E-state index contributed by atoms with van der Waals surface area (Å²) in [5.41, 5.74) is 1.91. The topological polar surface area (TPSA) is 266 Å². The molecule has 7 aromatic heterocycles.